The Balaban J connectivity index is 2.41. The molecule has 1 unspecified atom stereocenters. The molecule has 1 atom stereocenters. The van der Waals surface area contributed by atoms with E-state index in [9.17, 15) is 9.59 Å². The number of unbranched alkanes of at least 4 members (excludes halogenated alkanes) is 2. The Morgan fingerprint density at radius 1 is 1.12 bits per heavy atom. The Morgan fingerprint density at radius 3 is 2.56 bits per heavy atom. The zero-order valence-corrected chi connectivity index (χ0v) is 19.8. The van der Waals surface area contributed by atoms with Gasteiger partial charge < -0.3 is 23.9 Å². The van der Waals surface area contributed by atoms with Crippen LogP contribution in [0.15, 0.2) is 18.2 Å². The molecule has 1 heterocycles. The quantitative estimate of drug-likeness (QED) is 0.295. The molecule has 0 aliphatic heterocycles. The second-order valence-corrected chi connectivity index (χ2v) is 7.95. The van der Waals surface area contributed by atoms with Crippen LogP contribution in [0.25, 0.3) is 10.9 Å². The van der Waals surface area contributed by atoms with Crippen LogP contribution in [0, 0.1) is 6.92 Å². The molecule has 178 valence electrons. The molecule has 0 saturated heterocycles. The first-order chi connectivity index (χ1) is 15.4. The number of benzene rings is 1. The largest absolute Gasteiger partial charge is 0.481 e. The summed E-state index contributed by atoms with van der Waals surface area (Å²) in [6, 6.07) is 6.11. The molecule has 7 nitrogen and oxygen atoms in total. The van der Waals surface area contributed by atoms with Crippen LogP contribution >= 0.6 is 0 Å². The summed E-state index contributed by atoms with van der Waals surface area (Å²) in [4.78, 5) is 23.6. The van der Waals surface area contributed by atoms with E-state index in [1.165, 1.54) is 0 Å². The van der Waals surface area contributed by atoms with Crippen molar-refractivity contribution in [3.8, 4) is 0 Å². The van der Waals surface area contributed by atoms with Gasteiger partial charge in [0.25, 0.3) is 0 Å². The highest BCUT2D eigenvalue weighted by Crippen LogP contribution is 2.32. The van der Waals surface area contributed by atoms with Crippen molar-refractivity contribution in [3.05, 3.63) is 35.0 Å². The number of hydrogen-bond donors (Lipinski definition) is 1. The highest BCUT2D eigenvalue weighted by Gasteiger charge is 2.23. The second kappa shape index (κ2) is 13.2. The lowest BCUT2D eigenvalue weighted by molar-refractivity contribution is -0.137. The van der Waals surface area contributed by atoms with Gasteiger partial charge in [-0.2, -0.15) is 0 Å². The molecule has 2 aromatic rings. The minimum absolute atomic E-state index is 0.0925. The Morgan fingerprint density at radius 2 is 1.91 bits per heavy atom. The van der Waals surface area contributed by atoms with Gasteiger partial charge >= 0.3 is 11.9 Å². The summed E-state index contributed by atoms with van der Waals surface area (Å²) in [5.74, 6) is -1.14. The van der Waals surface area contributed by atoms with Gasteiger partial charge in [0.1, 0.15) is 0 Å². The third kappa shape index (κ3) is 6.81. The molecular weight excluding hydrogens is 410 g/mol. The average Bonchev–Trinajstić information content (AvgIpc) is 3.04. The molecule has 1 aromatic heterocycles. The summed E-state index contributed by atoms with van der Waals surface area (Å²) in [7, 11) is 1.66. The fourth-order valence-electron chi connectivity index (χ4n) is 4.01. The van der Waals surface area contributed by atoms with E-state index < -0.39 is 5.97 Å². The maximum Gasteiger partial charge on any atom is 0.340 e. The minimum Gasteiger partial charge on any atom is -0.481 e. The summed E-state index contributed by atoms with van der Waals surface area (Å²) < 4.78 is 18.8. The number of carbonyl (C=O) groups excluding carboxylic acids is 1. The number of carboxylic acid groups (broad SMARTS) is 1. The predicted octanol–water partition coefficient (Wildman–Crippen LogP) is 5.28. The molecule has 32 heavy (non-hydrogen) atoms. The van der Waals surface area contributed by atoms with Gasteiger partial charge in [0, 0.05) is 43.3 Å². The lowest BCUT2D eigenvalue weighted by Crippen LogP contribution is -2.09. The molecule has 0 fully saturated rings. The van der Waals surface area contributed by atoms with Gasteiger partial charge in [0.05, 0.1) is 24.9 Å². The highest BCUT2D eigenvalue weighted by atomic mass is 16.5. The van der Waals surface area contributed by atoms with Crippen LogP contribution in [-0.2, 0) is 25.5 Å². The van der Waals surface area contributed by atoms with Gasteiger partial charge in [0.15, 0.2) is 0 Å². The summed E-state index contributed by atoms with van der Waals surface area (Å²) in [5.41, 5.74) is 3.40. The topological polar surface area (TPSA) is 87.0 Å². The number of carboxylic acids is 1. The van der Waals surface area contributed by atoms with Gasteiger partial charge in [-0.1, -0.05) is 32.3 Å². The monoisotopic (exact) mass is 447 g/mol. The molecule has 0 aliphatic rings. The van der Waals surface area contributed by atoms with Crippen molar-refractivity contribution >= 4 is 22.8 Å². The Bertz CT molecular complexity index is 888. The number of aliphatic carboxylic acids is 1. The summed E-state index contributed by atoms with van der Waals surface area (Å²) in [6.07, 6.45) is 4.52. The number of esters is 1. The summed E-state index contributed by atoms with van der Waals surface area (Å²) >= 11 is 0. The van der Waals surface area contributed by atoms with Crippen molar-refractivity contribution in [1.29, 1.82) is 0 Å². The van der Waals surface area contributed by atoms with Crippen molar-refractivity contribution in [2.75, 3.05) is 26.9 Å². The number of ether oxygens (including phenoxy) is 3. The van der Waals surface area contributed by atoms with E-state index >= 15 is 0 Å². The number of fused-ring (bicyclic) bond motifs is 1. The first kappa shape index (κ1) is 25.9. The fourth-order valence-corrected chi connectivity index (χ4v) is 4.01. The molecule has 0 bridgehead atoms. The van der Waals surface area contributed by atoms with Crippen molar-refractivity contribution in [3.63, 3.8) is 0 Å². The second-order valence-electron chi connectivity index (χ2n) is 7.95. The Labute approximate surface area is 190 Å². The molecule has 1 aromatic carbocycles. The molecule has 1 N–H and O–H groups in total. The number of rotatable bonds is 15. The van der Waals surface area contributed by atoms with Crippen molar-refractivity contribution in [2.45, 2.75) is 71.9 Å². The lowest BCUT2D eigenvalue weighted by atomic mass is 10.00. The number of methoxy groups -OCH3 is 1. The third-order valence-corrected chi connectivity index (χ3v) is 5.64. The van der Waals surface area contributed by atoms with Crippen molar-refractivity contribution in [1.82, 2.24) is 4.57 Å². The zero-order valence-electron chi connectivity index (χ0n) is 19.8. The SMILES string of the molecule is CCCCCC(OCCCC(=O)O)c1ccc2c(c1)c(C(=O)OCC)c(C)n2CCOC. The van der Waals surface area contributed by atoms with Crippen LogP contribution < -0.4 is 0 Å². The Hall–Kier alpha value is -2.38. The van der Waals surface area contributed by atoms with Crippen LogP contribution in [-0.4, -0.2) is 48.5 Å². The van der Waals surface area contributed by atoms with Crippen LogP contribution in [0.4, 0.5) is 0 Å². The van der Waals surface area contributed by atoms with E-state index in [-0.39, 0.29) is 18.5 Å². The van der Waals surface area contributed by atoms with Crippen LogP contribution in [0.3, 0.4) is 0 Å². The number of carbonyl (C=O) groups is 2. The van der Waals surface area contributed by atoms with Crippen LogP contribution in [0.1, 0.15) is 80.1 Å². The number of nitrogens with zero attached hydrogens (tertiary/aromatic N) is 1. The van der Waals surface area contributed by atoms with Crippen LogP contribution in [0.5, 0.6) is 0 Å². The molecule has 0 saturated carbocycles. The molecule has 0 aliphatic carbocycles. The predicted molar refractivity (Wildman–Crippen MR) is 124 cm³/mol. The maximum absolute atomic E-state index is 12.8. The van der Waals surface area contributed by atoms with Gasteiger partial charge in [-0.05, 0) is 44.4 Å². The first-order valence-electron chi connectivity index (χ1n) is 11.6. The Kier molecular flexibility index (Phi) is 10.7. The van der Waals surface area contributed by atoms with Crippen molar-refractivity contribution < 1.29 is 28.9 Å². The zero-order chi connectivity index (χ0) is 23.5. The number of aromatic nitrogens is 1. The lowest BCUT2D eigenvalue weighted by Gasteiger charge is -2.19. The molecule has 0 amide bonds. The van der Waals surface area contributed by atoms with E-state index in [1.54, 1.807) is 14.0 Å². The smallest absolute Gasteiger partial charge is 0.340 e. The minimum atomic E-state index is -0.815. The van der Waals surface area contributed by atoms with Gasteiger partial charge in [0.2, 0.25) is 0 Å². The summed E-state index contributed by atoms with van der Waals surface area (Å²) in [6.45, 7) is 7.78. The van der Waals surface area contributed by atoms with Crippen molar-refractivity contribution in [2.24, 2.45) is 0 Å². The summed E-state index contributed by atoms with van der Waals surface area (Å²) in [5, 5.41) is 9.74. The number of hydrogen-bond acceptors (Lipinski definition) is 5. The van der Waals surface area contributed by atoms with E-state index in [1.807, 2.05) is 25.1 Å². The first-order valence-corrected chi connectivity index (χ1v) is 11.6. The molecule has 0 radical (unpaired) electrons. The van der Waals surface area contributed by atoms with Gasteiger partial charge in [-0.25, -0.2) is 4.79 Å². The molecular formula is C25H37NO6. The van der Waals surface area contributed by atoms with E-state index in [4.69, 9.17) is 19.3 Å². The average molecular weight is 448 g/mol. The standard InChI is InChI=1S/C25H37NO6/c1-5-7-8-10-22(32-15-9-11-23(27)28)19-12-13-21-20(17-19)24(25(29)31-6-2)18(3)26(21)14-16-30-4/h12-13,17,22H,5-11,14-16H2,1-4H3,(H,27,28). The van der Waals surface area contributed by atoms with E-state index in [2.05, 4.69) is 11.5 Å². The molecule has 0 spiro atoms. The fraction of sp³-hybridized carbons (Fsp3) is 0.600. The van der Waals surface area contributed by atoms with Gasteiger partial charge in [-0.3, -0.25) is 4.79 Å². The van der Waals surface area contributed by atoms with E-state index in [0.717, 1.165) is 47.8 Å². The normalized spacial score (nSPS) is 12.2. The highest BCUT2D eigenvalue weighted by molar-refractivity contribution is 6.06. The molecule has 2 rings (SSSR count). The van der Waals surface area contributed by atoms with Crippen LogP contribution in [0.2, 0.25) is 0 Å². The third-order valence-electron chi connectivity index (χ3n) is 5.64. The van der Waals surface area contributed by atoms with E-state index in [0.29, 0.717) is 38.3 Å². The maximum atomic E-state index is 12.8. The molecule has 7 heteroatoms. The van der Waals surface area contributed by atoms with Gasteiger partial charge in [-0.15, -0.1) is 0 Å².